The maximum Gasteiger partial charge on any atom is 0.303 e. The summed E-state index contributed by atoms with van der Waals surface area (Å²) in [7, 11) is 1.94. The molecule has 0 spiro atoms. The van der Waals surface area contributed by atoms with Crippen LogP contribution >= 0.6 is 0 Å². The van der Waals surface area contributed by atoms with Gasteiger partial charge in [0.05, 0.1) is 5.69 Å². The highest BCUT2D eigenvalue weighted by Crippen LogP contribution is 2.23. The molecule has 0 bridgehead atoms. The zero-order chi connectivity index (χ0) is 14.0. The van der Waals surface area contributed by atoms with E-state index < -0.39 is 5.97 Å². The Kier molecular flexibility index (Phi) is 3.83. The molecule has 0 unspecified atom stereocenters. The molecule has 2 aromatic rings. The average molecular weight is 261 g/mol. The van der Waals surface area contributed by atoms with E-state index in [0.717, 1.165) is 41.0 Å². The third-order valence-electron chi connectivity index (χ3n) is 3.20. The van der Waals surface area contributed by atoms with Crippen LogP contribution in [-0.4, -0.2) is 25.6 Å². The van der Waals surface area contributed by atoms with Gasteiger partial charge in [-0.05, 0) is 25.3 Å². The number of hydrogen-bond donors (Lipinski definition) is 1. The van der Waals surface area contributed by atoms with Crippen molar-refractivity contribution in [2.75, 3.05) is 0 Å². The first-order valence-electron chi connectivity index (χ1n) is 6.56. The quantitative estimate of drug-likeness (QED) is 0.896. The van der Waals surface area contributed by atoms with Crippen molar-refractivity contribution in [1.82, 2.24) is 14.5 Å². The Morgan fingerprint density at radius 2 is 2.11 bits per heavy atom. The molecule has 102 valence electrons. The van der Waals surface area contributed by atoms with E-state index >= 15 is 0 Å². The van der Waals surface area contributed by atoms with Crippen LogP contribution in [0.25, 0.3) is 11.0 Å². The van der Waals surface area contributed by atoms with E-state index in [4.69, 9.17) is 5.11 Å². The minimum atomic E-state index is -0.779. The molecule has 5 heteroatoms. The molecule has 2 aromatic heterocycles. The zero-order valence-electron chi connectivity index (χ0n) is 11.6. The maximum absolute atomic E-state index is 10.7. The minimum absolute atomic E-state index is 0.134. The van der Waals surface area contributed by atoms with Crippen LogP contribution in [0.5, 0.6) is 0 Å². The molecule has 0 atom stereocenters. The molecule has 0 aromatic carbocycles. The normalized spacial score (nSPS) is 11.1. The third kappa shape index (κ3) is 2.75. The Bertz CT molecular complexity index is 617. The lowest BCUT2D eigenvalue weighted by Gasteiger charge is -2.04. The van der Waals surface area contributed by atoms with Crippen molar-refractivity contribution in [1.29, 1.82) is 0 Å². The summed E-state index contributed by atoms with van der Waals surface area (Å²) < 4.78 is 1.96. The number of carbonyl (C=O) groups is 1. The summed E-state index contributed by atoms with van der Waals surface area (Å²) >= 11 is 0. The van der Waals surface area contributed by atoms with Crippen LogP contribution in [-0.2, 0) is 24.7 Å². The van der Waals surface area contributed by atoms with Gasteiger partial charge in [0.15, 0.2) is 0 Å². The van der Waals surface area contributed by atoms with E-state index in [-0.39, 0.29) is 6.42 Å². The van der Waals surface area contributed by atoms with E-state index in [1.165, 1.54) is 0 Å². The monoisotopic (exact) mass is 261 g/mol. The van der Waals surface area contributed by atoms with Gasteiger partial charge in [-0.15, -0.1) is 0 Å². The second kappa shape index (κ2) is 5.38. The van der Waals surface area contributed by atoms with Gasteiger partial charge in [0, 0.05) is 31.5 Å². The number of fused-ring (bicyclic) bond motifs is 1. The molecule has 5 nitrogen and oxygen atoms in total. The molecule has 0 fully saturated rings. The average Bonchev–Trinajstić information content (AvgIpc) is 2.65. The van der Waals surface area contributed by atoms with Gasteiger partial charge in [0.25, 0.3) is 0 Å². The highest BCUT2D eigenvalue weighted by atomic mass is 16.4. The first-order valence-corrected chi connectivity index (χ1v) is 6.56. The van der Waals surface area contributed by atoms with Gasteiger partial charge in [-0.3, -0.25) is 4.79 Å². The zero-order valence-corrected chi connectivity index (χ0v) is 11.6. The van der Waals surface area contributed by atoms with Crippen LogP contribution in [0.3, 0.4) is 0 Å². The Balaban J connectivity index is 2.47. The molecular weight excluding hydrogens is 242 g/mol. The second-order valence-corrected chi connectivity index (χ2v) is 4.83. The second-order valence-electron chi connectivity index (χ2n) is 4.83. The van der Waals surface area contributed by atoms with Crippen LogP contribution in [0.2, 0.25) is 0 Å². The Labute approximate surface area is 112 Å². The summed E-state index contributed by atoms with van der Waals surface area (Å²) in [5, 5.41) is 9.80. The van der Waals surface area contributed by atoms with Crippen molar-refractivity contribution < 1.29 is 9.90 Å². The molecule has 0 aliphatic heterocycles. The molecular formula is C14H19N3O2. The van der Waals surface area contributed by atoms with Gasteiger partial charge in [-0.2, -0.15) is 0 Å². The number of carboxylic acids is 1. The van der Waals surface area contributed by atoms with Gasteiger partial charge in [-0.1, -0.05) is 6.92 Å². The molecule has 19 heavy (non-hydrogen) atoms. The Morgan fingerprint density at radius 3 is 2.74 bits per heavy atom. The SMILES string of the molecule is CCCc1nc(C)c2c(CCC(=O)O)cn(C)c2n1. The molecule has 0 saturated heterocycles. The predicted molar refractivity (Wildman–Crippen MR) is 73.2 cm³/mol. The van der Waals surface area contributed by atoms with Crippen molar-refractivity contribution in [3.8, 4) is 0 Å². The molecule has 0 radical (unpaired) electrons. The van der Waals surface area contributed by atoms with Crippen LogP contribution in [0.15, 0.2) is 6.20 Å². The van der Waals surface area contributed by atoms with Crippen molar-refractivity contribution in [2.45, 2.75) is 39.5 Å². The number of nitrogens with zero attached hydrogens (tertiary/aromatic N) is 3. The molecule has 0 amide bonds. The van der Waals surface area contributed by atoms with E-state index in [1.807, 2.05) is 24.7 Å². The molecule has 0 saturated carbocycles. The van der Waals surface area contributed by atoms with Crippen LogP contribution in [0, 0.1) is 6.92 Å². The van der Waals surface area contributed by atoms with E-state index in [2.05, 4.69) is 16.9 Å². The maximum atomic E-state index is 10.7. The van der Waals surface area contributed by atoms with E-state index in [9.17, 15) is 4.79 Å². The van der Waals surface area contributed by atoms with Gasteiger partial charge < -0.3 is 9.67 Å². The summed E-state index contributed by atoms with van der Waals surface area (Å²) in [5.74, 6) is 0.0802. The van der Waals surface area contributed by atoms with Gasteiger partial charge in [0.1, 0.15) is 11.5 Å². The van der Waals surface area contributed by atoms with E-state index in [0.29, 0.717) is 6.42 Å². The highest BCUT2D eigenvalue weighted by Gasteiger charge is 2.13. The number of aromatic nitrogens is 3. The molecule has 0 aliphatic rings. The number of rotatable bonds is 5. The van der Waals surface area contributed by atoms with Gasteiger partial charge >= 0.3 is 5.97 Å². The molecule has 2 rings (SSSR count). The third-order valence-corrected chi connectivity index (χ3v) is 3.20. The lowest BCUT2D eigenvalue weighted by Crippen LogP contribution is -2.01. The first-order chi connectivity index (χ1) is 9.02. The van der Waals surface area contributed by atoms with Crippen LogP contribution < -0.4 is 0 Å². The summed E-state index contributed by atoms with van der Waals surface area (Å²) in [6.07, 6.45) is 4.50. The number of carboxylic acid groups (broad SMARTS) is 1. The lowest BCUT2D eigenvalue weighted by atomic mass is 10.1. The topological polar surface area (TPSA) is 68.0 Å². The number of hydrogen-bond acceptors (Lipinski definition) is 3. The van der Waals surface area contributed by atoms with Crippen molar-refractivity contribution in [3.05, 3.63) is 23.3 Å². The summed E-state index contributed by atoms with van der Waals surface area (Å²) in [5.41, 5.74) is 2.85. The Morgan fingerprint density at radius 1 is 1.37 bits per heavy atom. The van der Waals surface area contributed by atoms with Crippen LogP contribution in [0.1, 0.15) is 36.8 Å². The summed E-state index contributed by atoms with van der Waals surface area (Å²) in [6.45, 7) is 4.07. The summed E-state index contributed by atoms with van der Waals surface area (Å²) in [4.78, 5) is 19.8. The fourth-order valence-corrected chi connectivity index (χ4v) is 2.37. The number of aryl methyl sites for hydroxylation is 4. The van der Waals surface area contributed by atoms with Crippen molar-refractivity contribution >= 4 is 17.0 Å². The molecule has 1 N–H and O–H groups in total. The van der Waals surface area contributed by atoms with Crippen molar-refractivity contribution in [3.63, 3.8) is 0 Å². The standard InChI is InChI=1S/C14H19N3O2/c1-4-5-11-15-9(2)13-10(6-7-12(18)19)8-17(3)14(13)16-11/h8H,4-7H2,1-3H3,(H,18,19). The predicted octanol–water partition coefficient (Wildman–Crippen LogP) is 2.25. The van der Waals surface area contributed by atoms with Gasteiger partial charge in [0.2, 0.25) is 0 Å². The lowest BCUT2D eigenvalue weighted by molar-refractivity contribution is -0.136. The minimum Gasteiger partial charge on any atom is -0.481 e. The number of aliphatic carboxylic acids is 1. The largest absolute Gasteiger partial charge is 0.481 e. The Hall–Kier alpha value is -1.91. The van der Waals surface area contributed by atoms with Gasteiger partial charge in [-0.25, -0.2) is 9.97 Å². The van der Waals surface area contributed by atoms with E-state index in [1.54, 1.807) is 0 Å². The van der Waals surface area contributed by atoms with Crippen molar-refractivity contribution in [2.24, 2.45) is 7.05 Å². The fourth-order valence-electron chi connectivity index (χ4n) is 2.37. The van der Waals surface area contributed by atoms with Crippen LogP contribution in [0.4, 0.5) is 0 Å². The molecule has 2 heterocycles. The highest BCUT2D eigenvalue weighted by molar-refractivity contribution is 5.83. The fraction of sp³-hybridized carbons (Fsp3) is 0.500. The molecule has 0 aliphatic carbocycles. The smallest absolute Gasteiger partial charge is 0.303 e. The summed E-state index contributed by atoms with van der Waals surface area (Å²) in [6, 6.07) is 0. The first kappa shape index (κ1) is 13.5.